The molecule has 0 aliphatic heterocycles. The highest BCUT2D eigenvalue weighted by molar-refractivity contribution is 5.91. The minimum Gasteiger partial charge on any atom is -0.342 e. The number of carbonyl (C=O) groups excluding carboxylic acids is 2. The van der Waals surface area contributed by atoms with Crippen LogP contribution in [0.5, 0.6) is 0 Å². The smallest absolute Gasteiger partial charge is 0.224 e. The van der Waals surface area contributed by atoms with Gasteiger partial charge in [0.05, 0.1) is 0 Å². The summed E-state index contributed by atoms with van der Waals surface area (Å²) in [5.74, 6) is 0.0887. The zero-order valence-corrected chi connectivity index (χ0v) is 12.3. The summed E-state index contributed by atoms with van der Waals surface area (Å²) < 4.78 is 0. The van der Waals surface area contributed by atoms with Gasteiger partial charge in [0.1, 0.15) is 0 Å². The Bertz CT molecular complexity index is 474. The zero-order valence-electron chi connectivity index (χ0n) is 12.3. The van der Waals surface area contributed by atoms with Gasteiger partial charge in [-0.05, 0) is 24.1 Å². The summed E-state index contributed by atoms with van der Waals surface area (Å²) in [6, 6.07) is 7.50. The molecular formula is C15H23N3O2. The second-order valence-corrected chi connectivity index (χ2v) is 5.13. The second kappa shape index (κ2) is 7.65. The lowest BCUT2D eigenvalue weighted by Gasteiger charge is -2.18. The molecule has 0 saturated heterocycles. The fraction of sp³-hybridized carbons (Fsp3) is 0.467. The minimum absolute atomic E-state index is 0.0112. The Morgan fingerprint density at radius 2 is 2.00 bits per heavy atom. The molecule has 0 aromatic heterocycles. The standard InChI is InChI=1S/C15H23N3O2/c1-11(9-16)8-15(20)17-14-7-5-4-6-13(14)10-18(3)12(2)19/h4-7,11H,8-10,16H2,1-3H3,(H,17,20). The quantitative estimate of drug-likeness (QED) is 0.829. The van der Waals surface area contributed by atoms with E-state index in [0.717, 1.165) is 11.3 Å². The van der Waals surface area contributed by atoms with E-state index in [1.165, 1.54) is 6.92 Å². The number of benzene rings is 1. The molecule has 2 amide bonds. The van der Waals surface area contributed by atoms with Crippen molar-refractivity contribution in [3.05, 3.63) is 29.8 Å². The molecule has 0 aliphatic rings. The van der Waals surface area contributed by atoms with E-state index in [-0.39, 0.29) is 17.7 Å². The maximum Gasteiger partial charge on any atom is 0.224 e. The molecule has 1 atom stereocenters. The number of hydrogen-bond donors (Lipinski definition) is 2. The van der Waals surface area contributed by atoms with Crippen molar-refractivity contribution in [2.45, 2.75) is 26.8 Å². The van der Waals surface area contributed by atoms with Crippen LogP contribution in [0.1, 0.15) is 25.8 Å². The van der Waals surface area contributed by atoms with E-state index < -0.39 is 0 Å². The van der Waals surface area contributed by atoms with Crippen LogP contribution in [0.2, 0.25) is 0 Å². The van der Waals surface area contributed by atoms with Crippen LogP contribution in [0.25, 0.3) is 0 Å². The molecule has 1 rings (SSSR count). The number of anilines is 1. The summed E-state index contributed by atoms with van der Waals surface area (Å²) in [7, 11) is 1.73. The molecule has 1 unspecified atom stereocenters. The van der Waals surface area contributed by atoms with Crippen LogP contribution >= 0.6 is 0 Å². The van der Waals surface area contributed by atoms with Gasteiger partial charge in [0.15, 0.2) is 0 Å². The van der Waals surface area contributed by atoms with Gasteiger partial charge in [0.2, 0.25) is 11.8 Å². The first-order valence-corrected chi connectivity index (χ1v) is 6.73. The minimum atomic E-state index is -0.0547. The summed E-state index contributed by atoms with van der Waals surface area (Å²) >= 11 is 0. The molecule has 0 bridgehead atoms. The Balaban J connectivity index is 2.75. The second-order valence-electron chi connectivity index (χ2n) is 5.13. The highest BCUT2D eigenvalue weighted by Gasteiger charge is 2.11. The topological polar surface area (TPSA) is 75.4 Å². The highest BCUT2D eigenvalue weighted by Crippen LogP contribution is 2.17. The van der Waals surface area contributed by atoms with E-state index in [2.05, 4.69) is 5.32 Å². The summed E-state index contributed by atoms with van der Waals surface area (Å²) in [6.45, 7) is 4.42. The van der Waals surface area contributed by atoms with E-state index >= 15 is 0 Å². The van der Waals surface area contributed by atoms with Crippen LogP contribution < -0.4 is 11.1 Å². The lowest BCUT2D eigenvalue weighted by atomic mass is 10.1. The van der Waals surface area contributed by atoms with Crippen LogP contribution in [0.15, 0.2) is 24.3 Å². The van der Waals surface area contributed by atoms with Crippen molar-refractivity contribution in [3.63, 3.8) is 0 Å². The van der Waals surface area contributed by atoms with Crippen LogP contribution in [-0.4, -0.2) is 30.3 Å². The van der Waals surface area contributed by atoms with Gasteiger partial charge in [-0.15, -0.1) is 0 Å². The van der Waals surface area contributed by atoms with Gasteiger partial charge in [0, 0.05) is 32.6 Å². The molecule has 5 nitrogen and oxygen atoms in total. The third-order valence-electron chi connectivity index (χ3n) is 3.17. The third kappa shape index (κ3) is 5.01. The summed E-state index contributed by atoms with van der Waals surface area (Å²) in [5.41, 5.74) is 7.18. The molecule has 1 aromatic carbocycles. The van der Waals surface area contributed by atoms with Crippen LogP contribution in [-0.2, 0) is 16.1 Å². The van der Waals surface area contributed by atoms with Gasteiger partial charge in [-0.1, -0.05) is 25.1 Å². The molecule has 20 heavy (non-hydrogen) atoms. The lowest BCUT2D eigenvalue weighted by molar-refractivity contribution is -0.128. The van der Waals surface area contributed by atoms with E-state index in [1.807, 2.05) is 31.2 Å². The average molecular weight is 277 g/mol. The molecule has 0 saturated carbocycles. The van der Waals surface area contributed by atoms with Crippen molar-refractivity contribution in [1.82, 2.24) is 4.90 Å². The highest BCUT2D eigenvalue weighted by atomic mass is 16.2. The molecule has 110 valence electrons. The molecule has 1 aromatic rings. The fourth-order valence-electron chi connectivity index (χ4n) is 1.75. The number of amides is 2. The van der Waals surface area contributed by atoms with Crippen molar-refractivity contribution in [1.29, 1.82) is 0 Å². The summed E-state index contributed by atoms with van der Waals surface area (Å²) in [6.07, 6.45) is 0.396. The van der Waals surface area contributed by atoms with Gasteiger partial charge in [-0.25, -0.2) is 0 Å². The largest absolute Gasteiger partial charge is 0.342 e. The number of nitrogens with zero attached hydrogens (tertiary/aromatic N) is 1. The van der Waals surface area contributed by atoms with Crippen LogP contribution in [0, 0.1) is 5.92 Å². The van der Waals surface area contributed by atoms with Crippen molar-refractivity contribution < 1.29 is 9.59 Å². The monoisotopic (exact) mass is 277 g/mol. The first kappa shape index (κ1) is 16.2. The first-order chi connectivity index (χ1) is 9.43. The number of hydrogen-bond acceptors (Lipinski definition) is 3. The van der Waals surface area contributed by atoms with Gasteiger partial charge in [-0.3, -0.25) is 9.59 Å². The Morgan fingerprint density at radius 3 is 2.60 bits per heavy atom. The molecule has 3 N–H and O–H groups in total. The van der Waals surface area contributed by atoms with Crippen LogP contribution in [0.3, 0.4) is 0 Å². The Hall–Kier alpha value is -1.88. The predicted molar refractivity (Wildman–Crippen MR) is 80.1 cm³/mol. The molecule has 0 aliphatic carbocycles. The number of para-hydroxylation sites is 1. The number of rotatable bonds is 6. The number of carbonyl (C=O) groups is 2. The van der Waals surface area contributed by atoms with E-state index in [0.29, 0.717) is 19.5 Å². The first-order valence-electron chi connectivity index (χ1n) is 6.73. The van der Waals surface area contributed by atoms with E-state index in [4.69, 9.17) is 5.73 Å². The van der Waals surface area contributed by atoms with E-state index in [1.54, 1.807) is 11.9 Å². The SMILES string of the molecule is CC(=O)N(C)Cc1ccccc1NC(=O)CC(C)CN. The lowest BCUT2D eigenvalue weighted by Crippen LogP contribution is -2.25. The summed E-state index contributed by atoms with van der Waals surface area (Å²) in [4.78, 5) is 24.8. The number of nitrogens with two attached hydrogens (primary N) is 1. The number of nitrogens with one attached hydrogen (secondary N) is 1. The normalized spacial score (nSPS) is 11.8. The Morgan fingerprint density at radius 1 is 1.35 bits per heavy atom. The molecule has 5 heteroatoms. The van der Waals surface area contributed by atoms with Gasteiger partial charge >= 0.3 is 0 Å². The molecule has 0 fully saturated rings. The van der Waals surface area contributed by atoms with E-state index in [9.17, 15) is 9.59 Å². The summed E-state index contributed by atoms with van der Waals surface area (Å²) in [5, 5.41) is 2.89. The maximum absolute atomic E-state index is 11.9. The Kier molecular flexibility index (Phi) is 6.18. The van der Waals surface area contributed by atoms with Crippen LogP contribution in [0.4, 0.5) is 5.69 Å². The van der Waals surface area contributed by atoms with Crippen molar-refractivity contribution >= 4 is 17.5 Å². The Labute approximate surface area is 120 Å². The zero-order chi connectivity index (χ0) is 15.1. The molecule has 0 heterocycles. The maximum atomic E-state index is 11.9. The van der Waals surface area contributed by atoms with Crippen molar-refractivity contribution in [2.75, 3.05) is 18.9 Å². The van der Waals surface area contributed by atoms with Gasteiger partial charge in [-0.2, -0.15) is 0 Å². The molecular weight excluding hydrogens is 254 g/mol. The average Bonchev–Trinajstić information content (AvgIpc) is 2.40. The predicted octanol–water partition coefficient (Wildman–Crippen LogP) is 1.59. The van der Waals surface area contributed by atoms with Gasteiger partial charge in [0.25, 0.3) is 0 Å². The fourth-order valence-corrected chi connectivity index (χ4v) is 1.75. The van der Waals surface area contributed by atoms with Gasteiger partial charge < -0.3 is 16.0 Å². The molecule has 0 spiro atoms. The van der Waals surface area contributed by atoms with Crippen molar-refractivity contribution in [2.24, 2.45) is 11.7 Å². The van der Waals surface area contributed by atoms with Crippen molar-refractivity contribution in [3.8, 4) is 0 Å². The third-order valence-corrected chi connectivity index (χ3v) is 3.17. The molecule has 0 radical (unpaired) electrons.